The second-order valence-corrected chi connectivity index (χ2v) is 8.73. The van der Waals surface area contributed by atoms with Gasteiger partial charge in [0, 0.05) is 47.8 Å². The number of benzene rings is 2. The van der Waals surface area contributed by atoms with E-state index < -0.39 is 11.7 Å². The minimum Gasteiger partial charge on any atom is -0.497 e. The first-order valence-corrected chi connectivity index (χ1v) is 11.3. The number of alkyl halides is 3. The Morgan fingerprint density at radius 3 is 2.26 bits per heavy atom. The van der Waals surface area contributed by atoms with Crippen molar-refractivity contribution in [2.45, 2.75) is 37.8 Å². The molecular formula is C26H24F3N3O2. The molecule has 0 atom stereocenters. The second-order valence-electron chi connectivity index (χ2n) is 8.73. The Kier molecular flexibility index (Phi) is 5.75. The third-order valence-electron chi connectivity index (χ3n) is 6.41. The lowest BCUT2D eigenvalue weighted by atomic mass is 10.0. The molecule has 2 aromatic carbocycles. The van der Waals surface area contributed by atoms with Gasteiger partial charge in [-0.15, -0.1) is 0 Å². The fourth-order valence-electron chi connectivity index (χ4n) is 4.32. The van der Waals surface area contributed by atoms with Crippen molar-refractivity contribution >= 4 is 5.91 Å². The van der Waals surface area contributed by atoms with Crippen LogP contribution in [0.25, 0.3) is 11.3 Å². The number of hydrogen-bond donors (Lipinski definition) is 0. The average Bonchev–Trinajstić information content (AvgIpc) is 3.70. The molecule has 1 fully saturated rings. The predicted molar refractivity (Wildman–Crippen MR) is 121 cm³/mol. The summed E-state index contributed by atoms with van der Waals surface area (Å²) in [6.45, 7) is 0.901. The van der Waals surface area contributed by atoms with Crippen molar-refractivity contribution in [3.8, 4) is 17.0 Å². The summed E-state index contributed by atoms with van der Waals surface area (Å²) in [5, 5.41) is 0. The maximum absolute atomic E-state index is 13.1. The van der Waals surface area contributed by atoms with Crippen LogP contribution in [0.1, 0.15) is 51.8 Å². The molecule has 2 heterocycles. The molecule has 5 nitrogen and oxygen atoms in total. The van der Waals surface area contributed by atoms with E-state index in [0.29, 0.717) is 31.8 Å². The van der Waals surface area contributed by atoms with Crippen molar-refractivity contribution in [2.75, 3.05) is 20.2 Å². The number of ether oxygens (including phenoxy) is 1. The highest BCUT2D eigenvalue weighted by molar-refractivity contribution is 5.94. The van der Waals surface area contributed by atoms with Gasteiger partial charge in [0.15, 0.2) is 0 Å². The molecule has 1 aliphatic heterocycles. The number of methoxy groups -OCH3 is 1. The fraction of sp³-hybridized carbons (Fsp3) is 0.346. The van der Waals surface area contributed by atoms with E-state index >= 15 is 0 Å². The summed E-state index contributed by atoms with van der Waals surface area (Å²) in [5.41, 5.74) is 3.32. The molecule has 0 radical (unpaired) electrons. The molecule has 0 spiro atoms. The maximum atomic E-state index is 13.1. The van der Waals surface area contributed by atoms with Crippen molar-refractivity contribution in [3.05, 3.63) is 76.7 Å². The van der Waals surface area contributed by atoms with E-state index in [2.05, 4.69) is 0 Å². The van der Waals surface area contributed by atoms with Gasteiger partial charge in [-0.05, 0) is 67.8 Å². The van der Waals surface area contributed by atoms with Crippen molar-refractivity contribution in [1.82, 2.24) is 14.9 Å². The van der Waals surface area contributed by atoms with Crippen LogP contribution in [0, 0.1) is 0 Å². The van der Waals surface area contributed by atoms with Crippen LogP contribution in [0.5, 0.6) is 5.75 Å². The van der Waals surface area contributed by atoms with Gasteiger partial charge in [-0.25, -0.2) is 9.97 Å². The zero-order valence-corrected chi connectivity index (χ0v) is 18.7. The number of nitrogens with zero attached hydrogens (tertiary/aromatic N) is 3. The van der Waals surface area contributed by atoms with Crippen LogP contribution in [0.4, 0.5) is 13.2 Å². The van der Waals surface area contributed by atoms with Crippen LogP contribution >= 0.6 is 0 Å². The number of carbonyl (C=O) groups excluding carboxylic acids is 1. The molecule has 0 saturated heterocycles. The maximum Gasteiger partial charge on any atom is 0.416 e. The lowest BCUT2D eigenvalue weighted by Gasteiger charge is -2.20. The van der Waals surface area contributed by atoms with Crippen molar-refractivity contribution in [2.24, 2.45) is 0 Å². The number of hydrogen-bond acceptors (Lipinski definition) is 4. The topological polar surface area (TPSA) is 55.3 Å². The molecule has 1 aliphatic carbocycles. The molecule has 1 aromatic heterocycles. The molecule has 1 saturated carbocycles. The molecule has 1 amide bonds. The third kappa shape index (κ3) is 4.49. The molecule has 176 valence electrons. The van der Waals surface area contributed by atoms with Gasteiger partial charge in [0.05, 0.1) is 18.4 Å². The van der Waals surface area contributed by atoms with Crippen LogP contribution in [0.2, 0.25) is 0 Å². The summed E-state index contributed by atoms with van der Waals surface area (Å²) >= 11 is 0. The van der Waals surface area contributed by atoms with Gasteiger partial charge in [0.1, 0.15) is 11.6 Å². The lowest BCUT2D eigenvalue weighted by molar-refractivity contribution is -0.137. The summed E-state index contributed by atoms with van der Waals surface area (Å²) in [7, 11) is 1.62. The van der Waals surface area contributed by atoms with E-state index in [-0.39, 0.29) is 11.5 Å². The Bertz CT molecular complexity index is 1200. The number of amides is 1. The zero-order valence-electron chi connectivity index (χ0n) is 18.7. The number of aromatic nitrogens is 2. The van der Waals surface area contributed by atoms with Gasteiger partial charge in [-0.3, -0.25) is 4.79 Å². The fourth-order valence-corrected chi connectivity index (χ4v) is 4.32. The quantitative estimate of drug-likeness (QED) is 0.523. The largest absolute Gasteiger partial charge is 0.497 e. The van der Waals surface area contributed by atoms with Gasteiger partial charge in [0.25, 0.3) is 5.91 Å². The van der Waals surface area contributed by atoms with E-state index in [1.165, 1.54) is 12.1 Å². The first-order valence-electron chi connectivity index (χ1n) is 11.3. The summed E-state index contributed by atoms with van der Waals surface area (Å²) in [4.78, 5) is 24.5. The second kappa shape index (κ2) is 8.74. The molecule has 0 N–H and O–H groups in total. The van der Waals surface area contributed by atoms with E-state index in [0.717, 1.165) is 59.1 Å². The third-order valence-corrected chi connectivity index (χ3v) is 6.41. The SMILES string of the molecule is COc1ccc(-c2nc(C3CC3)nc3c2CCN(C(=O)c2ccc(C(F)(F)F)cc2)CC3)cc1. The number of halogens is 3. The molecule has 3 aromatic rings. The monoisotopic (exact) mass is 467 g/mol. The standard InChI is InChI=1S/C26H24F3N3O2/c1-34-20-10-6-16(7-11-20)23-21-12-14-32(15-13-22(21)30-24(31-23)17-2-3-17)25(33)18-4-8-19(9-5-18)26(27,28)29/h4-11,17H,2-3,12-15H2,1H3. The summed E-state index contributed by atoms with van der Waals surface area (Å²) in [5.74, 6) is 1.73. The minimum atomic E-state index is -4.43. The highest BCUT2D eigenvalue weighted by Gasteiger charge is 2.32. The highest BCUT2D eigenvalue weighted by Crippen LogP contribution is 2.40. The molecular weight excluding hydrogens is 443 g/mol. The molecule has 8 heteroatoms. The summed E-state index contributed by atoms with van der Waals surface area (Å²) in [6.07, 6.45) is -1.11. The number of carbonyl (C=O) groups is 1. The summed E-state index contributed by atoms with van der Waals surface area (Å²) in [6, 6.07) is 12.2. The smallest absolute Gasteiger partial charge is 0.416 e. The normalized spacial score (nSPS) is 16.1. The van der Waals surface area contributed by atoms with Gasteiger partial charge in [0.2, 0.25) is 0 Å². The van der Waals surface area contributed by atoms with Crippen molar-refractivity contribution < 1.29 is 22.7 Å². The molecule has 2 aliphatic rings. The first kappa shape index (κ1) is 22.4. The van der Waals surface area contributed by atoms with Gasteiger partial charge >= 0.3 is 6.18 Å². The summed E-state index contributed by atoms with van der Waals surface area (Å²) < 4.78 is 43.9. The van der Waals surface area contributed by atoms with Crippen LogP contribution in [-0.2, 0) is 19.0 Å². The van der Waals surface area contributed by atoms with E-state index in [1.807, 2.05) is 24.3 Å². The highest BCUT2D eigenvalue weighted by atomic mass is 19.4. The Morgan fingerprint density at radius 1 is 0.971 bits per heavy atom. The average molecular weight is 467 g/mol. The van der Waals surface area contributed by atoms with E-state index in [4.69, 9.17) is 14.7 Å². The van der Waals surface area contributed by atoms with Gasteiger partial charge < -0.3 is 9.64 Å². The zero-order chi connectivity index (χ0) is 23.9. The van der Waals surface area contributed by atoms with Crippen LogP contribution in [0.3, 0.4) is 0 Å². The molecule has 5 rings (SSSR count). The van der Waals surface area contributed by atoms with Crippen LogP contribution in [0.15, 0.2) is 48.5 Å². The molecule has 0 bridgehead atoms. The predicted octanol–water partition coefficient (Wildman–Crippen LogP) is 5.29. The van der Waals surface area contributed by atoms with Gasteiger partial charge in [-0.1, -0.05) is 0 Å². The van der Waals surface area contributed by atoms with E-state index in [9.17, 15) is 18.0 Å². The van der Waals surface area contributed by atoms with Crippen molar-refractivity contribution in [1.29, 1.82) is 0 Å². The van der Waals surface area contributed by atoms with Crippen LogP contribution in [-0.4, -0.2) is 41.0 Å². The first-order chi connectivity index (χ1) is 16.3. The number of rotatable bonds is 4. The van der Waals surface area contributed by atoms with Gasteiger partial charge in [-0.2, -0.15) is 13.2 Å². The lowest BCUT2D eigenvalue weighted by Crippen LogP contribution is -2.33. The van der Waals surface area contributed by atoms with Crippen LogP contribution < -0.4 is 4.74 Å². The molecule has 0 unspecified atom stereocenters. The Labute approximate surface area is 195 Å². The molecule has 34 heavy (non-hydrogen) atoms. The Morgan fingerprint density at radius 2 is 1.65 bits per heavy atom. The van der Waals surface area contributed by atoms with E-state index in [1.54, 1.807) is 12.0 Å². The van der Waals surface area contributed by atoms with Crippen molar-refractivity contribution in [3.63, 3.8) is 0 Å². The Hall–Kier alpha value is -3.42. The minimum absolute atomic E-state index is 0.249. The Balaban J connectivity index is 1.42. The number of fused-ring (bicyclic) bond motifs is 1.